The van der Waals surface area contributed by atoms with Gasteiger partial charge in [-0.3, -0.25) is 15.2 Å². The highest BCUT2D eigenvalue weighted by molar-refractivity contribution is 8.17. The van der Waals surface area contributed by atoms with Gasteiger partial charge in [-0.15, -0.1) is 0 Å². The molecule has 1 aliphatic heterocycles. The lowest BCUT2D eigenvalue weighted by molar-refractivity contribution is -0.104. The van der Waals surface area contributed by atoms with E-state index >= 15 is 0 Å². The largest absolute Gasteiger partial charge is 0.507 e. The molecule has 0 bridgehead atoms. The highest BCUT2D eigenvalue weighted by atomic mass is 32.2. The minimum atomic E-state index is -0.546. The van der Waals surface area contributed by atoms with E-state index in [0.717, 1.165) is 43.8 Å². The molecule has 0 unspecified atom stereocenters. The van der Waals surface area contributed by atoms with Gasteiger partial charge in [-0.2, -0.15) is 0 Å². The lowest BCUT2D eigenvalue weighted by Gasteiger charge is -2.29. The smallest absolute Gasteiger partial charge is 0.175 e. The maximum atomic E-state index is 12.9. The molecule has 0 aliphatic carbocycles. The number of phenols is 1. The predicted molar refractivity (Wildman–Crippen MR) is 81.4 cm³/mol. The van der Waals surface area contributed by atoms with E-state index in [2.05, 4.69) is 5.43 Å². The second kappa shape index (κ2) is 7.24. The number of halogens is 1. The molecule has 1 fully saturated rings. The third kappa shape index (κ3) is 4.30. The maximum Gasteiger partial charge on any atom is 0.175 e. The van der Waals surface area contributed by atoms with Crippen molar-refractivity contribution in [1.29, 1.82) is 5.41 Å². The van der Waals surface area contributed by atoms with Gasteiger partial charge >= 0.3 is 0 Å². The molecule has 21 heavy (non-hydrogen) atoms. The Bertz CT molecular complexity index is 571. The van der Waals surface area contributed by atoms with Crippen molar-refractivity contribution in [1.82, 2.24) is 10.4 Å². The highest BCUT2D eigenvalue weighted by Gasteiger charge is 2.15. The number of carbonyl (C=O) groups is 1. The molecule has 1 aliphatic rings. The summed E-state index contributed by atoms with van der Waals surface area (Å²) in [6.07, 6.45) is 4.11. The number of nitrogens with zero attached hydrogens (tertiary/aromatic N) is 1. The normalized spacial score (nSPS) is 15.9. The molecule has 0 aromatic heterocycles. The van der Waals surface area contributed by atoms with Crippen molar-refractivity contribution < 1.29 is 14.3 Å². The number of nitrogens with one attached hydrogen (secondary N) is 2. The van der Waals surface area contributed by atoms with Crippen molar-refractivity contribution in [3.05, 3.63) is 34.5 Å². The monoisotopic (exact) mass is 309 g/mol. The third-order valence-electron chi connectivity index (χ3n) is 2.98. The number of hydrazine groups is 1. The summed E-state index contributed by atoms with van der Waals surface area (Å²) in [6.45, 7) is 1.53. The zero-order valence-electron chi connectivity index (χ0n) is 11.3. The second-order valence-electron chi connectivity index (χ2n) is 4.54. The van der Waals surface area contributed by atoms with Crippen LogP contribution in [0.5, 0.6) is 5.75 Å². The summed E-state index contributed by atoms with van der Waals surface area (Å²) >= 11 is 0.994. The molecule has 112 valence electrons. The Morgan fingerprint density at radius 2 is 2.29 bits per heavy atom. The van der Waals surface area contributed by atoms with Crippen molar-refractivity contribution in [3.63, 3.8) is 0 Å². The molecule has 5 nitrogen and oxygen atoms in total. The van der Waals surface area contributed by atoms with Crippen molar-refractivity contribution >= 4 is 29.3 Å². The third-order valence-corrected chi connectivity index (χ3v) is 3.84. The molecule has 7 heteroatoms. The molecule has 3 N–H and O–H groups in total. The number of hydrogen-bond acceptors (Lipinski definition) is 5. The molecule has 0 amide bonds. The fourth-order valence-electron chi connectivity index (χ4n) is 1.91. The lowest BCUT2D eigenvalue weighted by atomic mass is 10.2. The number of thioether (sulfide) groups is 1. The fraction of sp³-hybridized carbons (Fsp3) is 0.286. The summed E-state index contributed by atoms with van der Waals surface area (Å²) < 4.78 is 12.9. The van der Waals surface area contributed by atoms with Crippen LogP contribution in [0.1, 0.15) is 18.4 Å². The molecular weight excluding hydrogens is 293 g/mol. The van der Waals surface area contributed by atoms with E-state index in [0.29, 0.717) is 11.8 Å². The Labute approximate surface area is 126 Å². The topological polar surface area (TPSA) is 76.4 Å². The van der Waals surface area contributed by atoms with E-state index in [9.17, 15) is 14.3 Å². The molecule has 0 spiro atoms. The number of aromatic hydroxyl groups is 1. The van der Waals surface area contributed by atoms with Gasteiger partial charge in [0.05, 0.1) is 4.91 Å². The molecule has 1 heterocycles. The number of benzene rings is 1. The molecule has 1 aromatic rings. The molecule has 1 saturated heterocycles. The summed E-state index contributed by atoms with van der Waals surface area (Å²) in [4.78, 5) is 11.4. The van der Waals surface area contributed by atoms with Crippen LogP contribution in [0, 0.1) is 11.2 Å². The maximum absolute atomic E-state index is 12.9. The van der Waals surface area contributed by atoms with Crippen LogP contribution < -0.4 is 5.43 Å². The van der Waals surface area contributed by atoms with Gasteiger partial charge in [0, 0.05) is 24.7 Å². The van der Waals surface area contributed by atoms with Crippen LogP contribution in [0.3, 0.4) is 0 Å². The van der Waals surface area contributed by atoms with E-state index < -0.39 is 5.82 Å². The Balaban J connectivity index is 2.09. The molecular formula is C14H16FN3O2S. The van der Waals surface area contributed by atoms with Crippen LogP contribution >= 0.6 is 11.8 Å². The van der Waals surface area contributed by atoms with Crippen LogP contribution in [0.4, 0.5) is 4.39 Å². The van der Waals surface area contributed by atoms with Gasteiger partial charge in [-0.1, -0.05) is 0 Å². The first kappa shape index (κ1) is 15.5. The van der Waals surface area contributed by atoms with Crippen molar-refractivity contribution in [3.8, 4) is 5.75 Å². The first-order valence-corrected chi connectivity index (χ1v) is 7.34. The minimum absolute atomic E-state index is 0.217. The molecule has 0 saturated carbocycles. The zero-order chi connectivity index (χ0) is 15.2. The number of allylic oxidation sites excluding steroid dienone is 1. The Kier molecular flexibility index (Phi) is 5.35. The molecule has 0 radical (unpaired) electrons. The summed E-state index contributed by atoms with van der Waals surface area (Å²) in [5.74, 6) is -0.784. The van der Waals surface area contributed by atoms with Gasteiger partial charge in [0.15, 0.2) is 11.5 Å². The minimum Gasteiger partial charge on any atom is -0.507 e. The molecule has 0 atom stereocenters. The van der Waals surface area contributed by atoms with E-state index in [-0.39, 0.29) is 15.8 Å². The van der Waals surface area contributed by atoms with Crippen LogP contribution in [-0.2, 0) is 4.79 Å². The zero-order valence-corrected chi connectivity index (χ0v) is 12.1. The van der Waals surface area contributed by atoms with Crippen LogP contribution in [0.15, 0.2) is 23.1 Å². The van der Waals surface area contributed by atoms with E-state index in [1.165, 1.54) is 18.2 Å². The number of hydrogen-bond donors (Lipinski definition) is 3. The molecule has 2 rings (SSSR count). The van der Waals surface area contributed by atoms with E-state index in [4.69, 9.17) is 5.41 Å². The summed E-state index contributed by atoms with van der Waals surface area (Å²) in [7, 11) is 0. The predicted octanol–water partition coefficient (Wildman–Crippen LogP) is 2.34. The quantitative estimate of drug-likeness (QED) is 0.346. The number of aldehydes is 1. The standard InChI is InChI=1S/C14H16FN3O2S/c15-11-4-3-10(13(20)8-11)7-12(9-19)21-14(16)18-6-2-1-5-17-18/h3-4,7-9,16-17,20H,1-2,5-6H2/b12-7-,16-14?. The van der Waals surface area contributed by atoms with Crippen molar-refractivity contribution in [2.45, 2.75) is 12.8 Å². The van der Waals surface area contributed by atoms with Crippen LogP contribution in [0.25, 0.3) is 6.08 Å². The summed E-state index contributed by atoms with van der Waals surface area (Å²) in [5, 5.41) is 19.5. The van der Waals surface area contributed by atoms with Gasteiger partial charge in [-0.05, 0) is 42.8 Å². The number of carbonyl (C=O) groups excluding carboxylic acids is 1. The average Bonchev–Trinajstić information content (AvgIpc) is 2.49. The van der Waals surface area contributed by atoms with Gasteiger partial charge in [0.25, 0.3) is 0 Å². The fourth-order valence-corrected chi connectivity index (χ4v) is 2.63. The van der Waals surface area contributed by atoms with Crippen molar-refractivity contribution in [2.75, 3.05) is 13.1 Å². The number of phenolic OH excluding ortho intramolecular Hbond substituents is 1. The highest BCUT2D eigenvalue weighted by Crippen LogP contribution is 2.25. The average molecular weight is 309 g/mol. The Morgan fingerprint density at radius 1 is 1.48 bits per heavy atom. The SMILES string of the molecule is N=C(S/C(C=O)=C\c1ccc(F)cc1O)N1CCCCN1. The first-order chi connectivity index (χ1) is 10.1. The second-order valence-corrected chi connectivity index (χ2v) is 5.60. The van der Waals surface area contributed by atoms with Crippen LogP contribution in [0.2, 0.25) is 0 Å². The summed E-state index contributed by atoms with van der Waals surface area (Å²) in [6, 6.07) is 3.57. The van der Waals surface area contributed by atoms with Gasteiger partial charge in [0.2, 0.25) is 0 Å². The van der Waals surface area contributed by atoms with E-state index in [1.54, 1.807) is 5.01 Å². The van der Waals surface area contributed by atoms with Gasteiger partial charge in [0.1, 0.15) is 11.6 Å². The number of rotatable bonds is 3. The van der Waals surface area contributed by atoms with Crippen molar-refractivity contribution in [2.24, 2.45) is 0 Å². The van der Waals surface area contributed by atoms with Gasteiger partial charge < -0.3 is 5.11 Å². The first-order valence-electron chi connectivity index (χ1n) is 6.53. The summed E-state index contributed by atoms with van der Waals surface area (Å²) in [5.41, 5.74) is 3.42. The lowest BCUT2D eigenvalue weighted by Crippen LogP contribution is -2.45. The van der Waals surface area contributed by atoms with Gasteiger partial charge in [-0.25, -0.2) is 9.82 Å². The molecule has 1 aromatic carbocycles. The van der Waals surface area contributed by atoms with E-state index in [1.807, 2.05) is 0 Å². The number of amidine groups is 1. The Hall–Kier alpha value is -1.86. The Morgan fingerprint density at radius 3 is 2.90 bits per heavy atom. The van der Waals surface area contributed by atoms with Crippen LogP contribution in [-0.4, -0.2) is 34.7 Å².